The number of ether oxygens (including phenoxy) is 1. The Morgan fingerprint density at radius 3 is 2.05 bits per heavy atom. The quantitative estimate of drug-likeness (QED) is 0.638. The molecular weight excluding hydrogens is 256 g/mol. The maximum atomic E-state index is 5.87. The molecule has 0 spiro atoms. The van der Waals surface area contributed by atoms with E-state index in [4.69, 9.17) is 4.74 Å². The predicted molar refractivity (Wildman–Crippen MR) is 87.5 cm³/mol. The van der Waals surface area contributed by atoms with Crippen LogP contribution < -0.4 is 4.74 Å². The molecule has 1 nitrogen and oxygen atoms in total. The lowest BCUT2D eigenvalue weighted by Crippen LogP contribution is -2.01. The van der Waals surface area contributed by atoms with E-state index in [1.165, 1.54) is 16.7 Å². The third-order valence-electron chi connectivity index (χ3n) is 3.44. The van der Waals surface area contributed by atoms with Crippen LogP contribution in [0.3, 0.4) is 0 Å². The Morgan fingerprint density at radius 2 is 1.29 bits per heavy atom. The van der Waals surface area contributed by atoms with Crippen LogP contribution in [-0.2, 0) is 6.42 Å². The van der Waals surface area contributed by atoms with E-state index in [9.17, 15) is 0 Å². The minimum atomic E-state index is 0.697. The van der Waals surface area contributed by atoms with Gasteiger partial charge < -0.3 is 4.74 Å². The molecule has 0 unspecified atom stereocenters. The van der Waals surface area contributed by atoms with Gasteiger partial charge in [0.25, 0.3) is 0 Å². The fraction of sp³-hybridized carbons (Fsp3) is 0.100. The van der Waals surface area contributed by atoms with E-state index >= 15 is 0 Å². The van der Waals surface area contributed by atoms with Gasteiger partial charge in [-0.05, 0) is 28.8 Å². The van der Waals surface area contributed by atoms with Crippen molar-refractivity contribution >= 4 is 0 Å². The van der Waals surface area contributed by atoms with Crippen molar-refractivity contribution in [3.8, 4) is 16.9 Å². The van der Waals surface area contributed by atoms with Crippen molar-refractivity contribution in [3.63, 3.8) is 0 Å². The SMILES string of the molecule is c1ccc(CCOc2cccc(-c3ccccc3)c2)cc1. The Hall–Kier alpha value is -2.54. The predicted octanol–water partition coefficient (Wildman–Crippen LogP) is 4.98. The molecule has 0 aliphatic rings. The van der Waals surface area contributed by atoms with Crippen LogP contribution >= 0.6 is 0 Å². The Bertz CT molecular complexity index is 674. The minimum Gasteiger partial charge on any atom is -0.493 e. The summed E-state index contributed by atoms with van der Waals surface area (Å²) in [5.41, 5.74) is 3.70. The van der Waals surface area contributed by atoms with Gasteiger partial charge in [0.2, 0.25) is 0 Å². The van der Waals surface area contributed by atoms with Crippen LogP contribution in [0.4, 0.5) is 0 Å². The molecule has 0 bridgehead atoms. The van der Waals surface area contributed by atoms with E-state index in [0.29, 0.717) is 6.61 Å². The first-order valence-corrected chi connectivity index (χ1v) is 7.24. The lowest BCUT2D eigenvalue weighted by molar-refractivity contribution is 0.322. The molecule has 0 atom stereocenters. The summed E-state index contributed by atoms with van der Waals surface area (Å²) >= 11 is 0. The molecule has 3 aromatic rings. The van der Waals surface area contributed by atoms with Crippen LogP contribution in [0.15, 0.2) is 84.9 Å². The molecule has 3 aromatic carbocycles. The van der Waals surface area contributed by atoms with Crippen molar-refractivity contribution in [2.24, 2.45) is 0 Å². The summed E-state index contributed by atoms with van der Waals surface area (Å²) in [6.45, 7) is 0.697. The van der Waals surface area contributed by atoms with Crippen LogP contribution in [0.5, 0.6) is 5.75 Å². The Balaban J connectivity index is 1.64. The molecular formula is C20H18O. The Kier molecular flexibility index (Phi) is 4.33. The van der Waals surface area contributed by atoms with Gasteiger partial charge in [-0.3, -0.25) is 0 Å². The fourth-order valence-electron chi connectivity index (χ4n) is 2.33. The first-order valence-electron chi connectivity index (χ1n) is 7.24. The first kappa shape index (κ1) is 13.4. The molecule has 104 valence electrons. The Morgan fingerprint density at radius 1 is 0.619 bits per heavy atom. The zero-order valence-electron chi connectivity index (χ0n) is 11.9. The molecule has 0 fully saturated rings. The van der Waals surface area contributed by atoms with E-state index in [0.717, 1.165) is 12.2 Å². The highest BCUT2D eigenvalue weighted by Crippen LogP contribution is 2.23. The molecule has 0 aliphatic heterocycles. The molecule has 0 amide bonds. The van der Waals surface area contributed by atoms with Gasteiger partial charge >= 0.3 is 0 Å². The second kappa shape index (κ2) is 6.76. The maximum Gasteiger partial charge on any atom is 0.119 e. The molecule has 0 N–H and O–H groups in total. The van der Waals surface area contributed by atoms with Gasteiger partial charge in [0.1, 0.15) is 5.75 Å². The van der Waals surface area contributed by atoms with Crippen molar-refractivity contribution in [2.45, 2.75) is 6.42 Å². The molecule has 0 aromatic heterocycles. The summed E-state index contributed by atoms with van der Waals surface area (Å²) in [5, 5.41) is 0. The van der Waals surface area contributed by atoms with Gasteiger partial charge in [-0.1, -0.05) is 72.8 Å². The standard InChI is InChI=1S/C20H18O/c1-3-8-17(9-4-1)14-15-21-20-13-7-12-19(16-20)18-10-5-2-6-11-18/h1-13,16H,14-15H2. The van der Waals surface area contributed by atoms with Crippen molar-refractivity contribution in [3.05, 3.63) is 90.5 Å². The summed E-state index contributed by atoms with van der Waals surface area (Å²) in [5.74, 6) is 0.923. The van der Waals surface area contributed by atoms with E-state index < -0.39 is 0 Å². The average Bonchev–Trinajstić information content (AvgIpc) is 2.57. The van der Waals surface area contributed by atoms with Gasteiger partial charge in [0.15, 0.2) is 0 Å². The minimum absolute atomic E-state index is 0.697. The van der Waals surface area contributed by atoms with Crippen molar-refractivity contribution in [2.75, 3.05) is 6.61 Å². The zero-order valence-corrected chi connectivity index (χ0v) is 11.9. The molecule has 21 heavy (non-hydrogen) atoms. The summed E-state index contributed by atoms with van der Waals surface area (Å²) < 4.78 is 5.87. The molecule has 0 heterocycles. The summed E-state index contributed by atoms with van der Waals surface area (Å²) in [4.78, 5) is 0. The maximum absolute atomic E-state index is 5.87. The monoisotopic (exact) mass is 274 g/mol. The summed E-state index contributed by atoms with van der Waals surface area (Å²) in [7, 11) is 0. The summed E-state index contributed by atoms with van der Waals surface area (Å²) in [6.07, 6.45) is 0.927. The fourth-order valence-corrected chi connectivity index (χ4v) is 2.33. The van der Waals surface area contributed by atoms with Crippen LogP contribution in [0, 0.1) is 0 Å². The summed E-state index contributed by atoms with van der Waals surface area (Å²) in [6, 6.07) is 29.0. The largest absolute Gasteiger partial charge is 0.493 e. The van der Waals surface area contributed by atoms with Gasteiger partial charge in [-0.2, -0.15) is 0 Å². The second-order valence-corrected chi connectivity index (χ2v) is 4.98. The average molecular weight is 274 g/mol. The van der Waals surface area contributed by atoms with Crippen molar-refractivity contribution < 1.29 is 4.74 Å². The molecule has 1 heteroatoms. The van der Waals surface area contributed by atoms with Crippen LogP contribution in [0.25, 0.3) is 11.1 Å². The molecule has 3 rings (SSSR count). The number of hydrogen-bond acceptors (Lipinski definition) is 1. The number of hydrogen-bond donors (Lipinski definition) is 0. The van der Waals surface area contributed by atoms with Crippen LogP contribution in [0.1, 0.15) is 5.56 Å². The Labute approximate surface area is 125 Å². The second-order valence-electron chi connectivity index (χ2n) is 4.98. The smallest absolute Gasteiger partial charge is 0.119 e. The molecule has 0 saturated carbocycles. The van der Waals surface area contributed by atoms with Crippen molar-refractivity contribution in [1.29, 1.82) is 0 Å². The van der Waals surface area contributed by atoms with Crippen LogP contribution in [-0.4, -0.2) is 6.61 Å². The third kappa shape index (κ3) is 3.73. The van der Waals surface area contributed by atoms with E-state index in [2.05, 4.69) is 60.7 Å². The molecule has 0 saturated heterocycles. The zero-order chi connectivity index (χ0) is 14.3. The highest BCUT2D eigenvalue weighted by atomic mass is 16.5. The molecule has 0 radical (unpaired) electrons. The van der Waals surface area contributed by atoms with E-state index in [-0.39, 0.29) is 0 Å². The lowest BCUT2D eigenvalue weighted by atomic mass is 10.1. The topological polar surface area (TPSA) is 9.23 Å². The number of benzene rings is 3. The van der Waals surface area contributed by atoms with Crippen LogP contribution in [0.2, 0.25) is 0 Å². The number of rotatable bonds is 5. The highest BCUT2D eigenvalue weighted by Gasteiger charge is 2.00. The van der Waals surface area contributed by atoms with Gasteiger partial charge in [-0.15, -0.1) is 0 Å². The first-order chi connectivity index (χ1) is 10.4. The van der Waals surface area contributed by atoms with Gasteiger partial charge in [-0.25, -0.2) is 0 Å². The third-order valence-corrected chi connectivity index (χ3v) is 3.44. The van der Waals surface area contributed by atoms with E-state index in [1.54, 1.807) is 0 Å². The van der Waals surface area contributed by atoms with Gasteiger partial charge in [0.05, 0.1) is 6.61 Å². The lowest BCUT2D eigenvalue weighted by Gasteiger charge is -2.08. The highest BCUT2D eigenvalue weighted by molar-refractivity contribution is 5.64. The van der Waals surface area contributed by atoms with Crippen molar-refractivity contribution in [1.82, 2.24) is 0 Å². The van der Waals surface area contributed by atoms with Gasteiger partial charge in [0, 0.05) is 6.42 Å². The molecule has 0 aliphatic carbocycles. The van der Waals surface area contributed by atoms with E-state index in [1.807, 2.05) is 24.3 Å². The normalized spacial score (nSPS) is 10.3.